The minimum Gasteiger partial charge on any atom is -0.361 e. The minimum absolute atomic E-state index is 0.0316. The van der Waals surface area contributed by atoms with E-state index in [1.54, 1.807) is 20.9 Å². The number of carbonyl (C=O) groups excluding carboxylic acids is 2. The number of nitrogens with one attached hydrogen (secondary N) is 1. The second-order valence-corrected chi connectivity index (χ2v) is 6.45. The van der Waals surface area contributed by atoms with Gasteiger partial charge in [0.2, 0.25) is 11.8 Å². The summed E-state index contributed by atoms with van der Waals surface area (Å²) in [5.74, 6) is -0.0534. The summed E-state index contributed by atoms with van der Waals surface area (Å²) in [6, 6.07) is 0. The number of hydrogen-bond acceptors (Lipinski definition) is 4. The molecular formula is C15H25N3O3. The Balaban J connectivity index is 2.73. The zero-order valence-corrected chi connectivity index (χ0v) is 13.9. The Morgan fingerprint density at radius 2 is 1.90 bits per heavy atom. The fraction of sp³-hybridized carbons (Fsp3) is 0.667. The normalized spacial score (nSPS) is 12.9. The molecule has 1 rings (SSSR count). The van der Waals surface area contributed by atoms with E-state index in [1.807, 2.05) is 27.7 Å². The van der Waals surface area contributed by atoms with Gasteiger partial charge in [0.1, 0.15) is 5.76 Å². The number of aryl methyl sites for hydroxylation is 2. The Morgan fingerprint density at radius 3 is 2.33 bits per heavy atom. The van der Waals surface area contributed by atoms with Gasteiger partial charge in [0.25, 0.3) is 0 Å². The third kappa shape index (κ3) is 4.58. The molecule has 0 aliphatic carbocycles. The topological polar surface area (TPSA) is 75.4 Å². The molecule has 6 nitrogen and oxygen atoms in total. The lowest BCUT2D eigenvalue weighted by atomic mass is 9.98. The monoisotopic (exact) mass is 295 g/mol. The van der Waals surface area contributed by atoms with E-state index in [-0.39, 0.29) is 29.8 Å². The molecule has 2 amide bonds. The maximum atomic E-state index is 12.4. The molecule has 0 radical (unpaired) electrons. The van der Waals surface area contributed by atoms with E-state index in [4.69, 9.17) is 4.52 Å². The van der Waals surface area contributed by atoms with E-state index in [0.717, 1.165) is 5.56 Å². The van der Waals surface area contributed by atoms with Crippen LogP contribution >= 0.6 is 0 Å². The highest BCUT2D eigenvalue weighted by molar-refractivity contribution is 5.88. The number of carbonyl (C=O) groups is 2. The summed E-state index contributed by atoms with van der Waals surface area (Å²) >= 11 is 0. The number of amides is 2. The van der Waals surface area contributed by atoms with Crippen molar-refractivity contribution in [3.63, 3.8) is 0 Å². The van der Waals surface area contributed by atoms with Crippen LogP contribution in [-0.2, 0) is 9.59 Å². The number of likely N-dealkylation sites (N-methyl/N-ethyl adjacent to an activating group) is 1. The van der Waals surface area contributed by atoms with Crippen LogP contribution in [0.5, 0.6) is 0 Å². The molecule has 0 saturated heterocycles. The summed E-state index contributed by atoms with van der Waals surface area (Å²) in [5, 5.41) is 6.70. The lowest BCUT2D eigenvalue weighted by molar-refractivity contribution is -0.136. The highest BCUT2D eigenvalue weighted by atomic mass is 16.5. The molecule has 0 aromatic carbocycles. The van der Waals surface area contributed by atoms with Crippen molar-refractivity contribution in [1.29, 1.82) is 0 Å². The molecule has 0 saturated carbocycles. The van der Waals surface area contributed by atoms with Gasteiger partial charge in [-0.3, -0.25) is 9.59 Å². The summed E-state index contributed by atoms with van der Waals surface area (Å²) in [6.45, 7) is 11.1. The van der Waals surface area contributed by atoms with Crippen molar-refractivity contribution in [2.24, 2.45) is 0 Å². The molecule has 1 N–H and O–H groups in total. The summed E-state index contributed by atoms with van der Waals surface area (Å²) in [6.07, 6.45) is 0. The first-order valence-electron chi connectivity index (χ1n) is 7.01. The second-order valence-electron chi connectivity index (χ2n) is 6.45. The van der Waals surface area contributed by atoms with Crippen LogP contribution in [0.2, 0.25) is 0 Å². The van der Waals surface area contributed by atoms with Gasteiger partial charge >= 0.3 is 0 Å². The standard InChI is InChI=1S/C15H25N3O3/c1-9(13-10(2)17-21-11(13)3)14(20)18(7)8-12(19)16-15(4,5)6/h9H,8H2,1-7H3,(H,16,19). The third-order valence-electron chi connectivity index (χ3n) is 3.16. The number of aromatic nitrogens is 1. The Kier molecular flexibility index (Phi) is 5.15. The lowest BCUT2D eigenvalue weighted by Crippen LogP contribution is -2.46. The van der Waals surface area contributed by atoms with E-state index >= 15 is 0 Å². The van der Waals surface area contributed by atoms with Gasteiger partial charge in [0.15, 0.2) is 0 Å². The number of hydrogen-bond donors (Lipinski definition) is 1. The molecule has 0 aliphatic heterocycles. The van der Waals surface area contributed by atoms with Crippen molar-refractivity contribution in [3.8, 4) is 0 Å². The van der Waals surface area contributed by atoms with Gasteiger partial charge in [-0.2, -0.15) is 0 Å². The molecular weight excluding hydrogens is 270 g/mol. The van der Waals surface area contributed by atoms with E-state index < -0.39 is 0 Å². The van der Waals surface area contributed by atoms with Crippen LogP contribution in [0.15, 0.2) is 4.52 Å². The smallest absolute Gasteiger partial charge is 0.240 e. The first-order chi connectivity index (χ1) is 9.53. The van der Waals surface area contributed by atoms with Crippen LogP contribution in [0.25, 0.3) is 0 Å². The molecule has 0 aliphatic rings. The molecule has 0 bridgehead atoms. The Morgan fingerprint density at radius 1 is 1.33 bits per heavy atom. The highest BCUT2D eigenvalue weighted by Crippen LogP contribution is 2.24. The first-order valence-corrected chi connectivity index (χ1v) is 7.01. The average Bonchev–Trinajstić information content (AvgIpc) is 2.64. The molecule has 118 valence electrons. The van der Waals surface area contributed by atoms with Crippen molar-refractivity contribution in [2.75, 3.05) is 13.6 Å². The van der Waals surface area contributed by atoms with Crippen LogP contribution in [0.1, 0.15) is 50.6 Å². The van der Waals surface area contributed by atoms with Crippen molar-refractivity contribution in [3.05, 3.63) is 17.0 Å². The van der Waals surface area contributed by atoms with Crippen molar-refractivity contribution in [2.45, 2.75) is 53.0 Å². The molecule has 21 heavy (non-hydrogen) atoms. The van der Waals surface area contributed by atoms with Crippen molar-refractivity contribution >= 4 is 11.8 Å². The van der Waals surface area contributed by atoms with Gasteiger partial charge < -0.3 is 14.7 Å². The minimum atomic E-state index is -0.385. The fourth-order valence-electron chi connectivity index (χ4n) is 2.31. The maximum absolute atomic E-state index is 12.4. The van der Waals surface area contributed by atoms with Crippen LogP contribution in [0.3, 0.4) is 0 Å². The van der Waals surface area contributed by atoms with Gasteiger partial charge in [-0.1, -0.05) is 5.16 Å². The van der Waals surface area contributed by atoms with E-state index in [2.05, 4.69) is 10.5 Å². The SMILES string of the molecule is Cc1noc(C)c1C(C)C(=O)N(C)CC(=O)NC(C)(C)C. The van der Waals surface area contributed by atoms with Crippen LogP contribution in [0.4, 0.5) is 0 Å². The average molecular weight is 295 g/mol. The van der Waals surface area contributed by atoms with Crippen LogP contribution in [0, 0.1) is 13.8 Å². The number of rotatable bonds is 4. The quantitative estimate of drug-likeness (QED) is 0.918. The van der Waals surface area contributed by atoms with E-state index in [9.17, 15) is 9.59 Å². The van der Waals surface area contributed by atoms with Gasteiger partial charge in [0, 0.05) is 18.2 Å². The second kappa shape index (κ2) is 6.28. The Bertz CT molecular complexity index is 509. The zero-order chi connectivity index (χ0) is 16.4. The lowest BCUT2D eigenvalue weighted by Gasteiger charge is -2.25. The van der Waals surface area contributed by atoms with Crippen LogP contribution in [-0.4, -0.2) is 41.0 Å². The largest absolute Gasteiger partial charge is 0.361 e. The fourth-order valence-corrected chi connectivity index (χ4v) is 2.31. The van der Waals surface area contributed by atoms with Crippen LogP contribution < -0.4 is 5.32 Å². The van der Waals surface area contributed by atoms with Gasteiger partial charge in [0.05, 0.1) is 18.2 Å². The third-order valence-corrected chi connectivity index (χ3v) is 3.16. The molecule has 1 heterocycles. The molecule has 1 unspecified atom stereocenters. The Hall–Kier alpha value is -1.85. The number of nitrogens with zero attached hydrogens (tertiary/aromatic N) is 2. The Labute approximate surface area is 125 Å². The van der Waals surface area contributed by atoms with Gasteiger partial charge in [-0.05, 0) is 41.5 Å². The van der Waals surface area contributed by atoms with E-state index in [0.29, 0.717) is 11.5 Å². The molecule has 1 aromatic heterocycles. The van der Waals surface area contributed by atoms with Crippen molar-refractivity contribution < 1.29 is 14.1 Å². The van der Waals surface area contributed by atoms with E-state index in [1.165, 1.54) is 4.90 Å². The highest BCUT2D eigenvalue weighted by Gasteiger charge is 2.26. The zero-order valence-electron chi connectivity index (χ0n) is 13.9. The molecule has 6 heteroatoms. The summed E-state index contributed by atoms with van der Waals surface area (Å²) in [4.78, 5) is 25.7. The molecule has 0 spiro atoms. The maximum Gasteiger partial charge on any atom is 0.240 e. The molecule has 1 aromatic rings. The molecule has 0 fully saturated rings. The molecule has 1 atom stereocenters. The first kappa shape index (κ1) is 17.2. The predicted molar refractivity (Wildman–Crippen MR) is 79.9 cm³/mol. The predicted octanol–water partition coefficient (Wildman–Crippen LogP) is 1.77. The van der Waals surface area contributed by atoms with Gasteiger partial charge in [-0.15, -0.1) is 0 Å². The summed E-state index contributed by atoms with van der Waals surface area (Å²) in [7, 11) is 1.62. The van der Waals surface area contributed by atoms with Crippen molar-refractivity contribution in [1.82, 2.24) is 15.4 Å². The van der Waals surface area contributed by atoms with Gasteiger partial charge in [-0.25, -0.2) is 0 Å². The summed E-state index contributed by atoms with van der Waals surface area (Å²) in [5.41, 5.74) is 1.19. The summed E-state index contributed by atoms with van der Waals surface area (Å²) < 4.78 is 5.09.